The van der Waals surface area contributed by atoms with Crippen LogP contribution in [0.15, 0.2) is 12.1 Å². The van der Waals surface area contributed by atoms with Crippen molar-refractivity contribution in [2.24, 2.45) is 17.1 Å². The number of anilines is 1. The number of carbonyl (C=O) groups is 1. The van der Waals surface area contributed by atoms with E-state index in [-0.39, 0.29) is 23.2 Å². The summed E-state index contributed by atoms with van der Waals surface area (Å²) < 4.78 is 14.2. The van der Waals surface area contributed by atoms with E-state index in [1.165, 1.54) is 6.07 Å². The summed E-state index contributed by atoms with van der Waals surface area (Å²) in [6.07, 6.45) is 2.17. The molecule has 0 aromatic heterocycles. The minimum Gasteiger partial charge on any atom is -0.326 e. The Kier molecular flexibility index (Phi) is 2.68. The van der Waals surface area contributed by atoms with Gasteiger partial charge in [-0.25, -0.2) is 4.39 Å². The first-order valence-corrected chi connectivity index (χ1v) is 6.76. The second-order valence-corrected chi connectivity index (χ2v) is 6.40. The summed E-state index contributed by atoms with van der Waals surface area (Å²) in [4.78, 5) is 11.3. The van der Waals surface area contributed by atoms with Crippen LogP contribution in [0.2, 0.25) is 0 Å². The molecule has 0 spiro atoms. The Hall–Kier alpha value is -1.42. The van der Waals surface area contributed by atoms with Gasteiger partial charge in [0.15, 0.2) is 0 Å². The summed E-state index contributed by atoms with van der Waals surface area (Å²) >= 11 is 0. The molecular weight excluding hydrogens is 243 g/mol. The lowest BCUT2D eigenvalue weighted by atomic mass is 9.93. The number of aryl methyl sites for hydroxylation is 1. The first-order valence-electron chi connectivity index (χ1n) is 6.76. The molecule has 19 heavy (non-hydrogen) atoms. The van der Waals surface area contributed by atoms with E-state index in [1.54, 1.807) is 0 Å². The molecule has 4 heteroatoms. The SMILES string of the molecule is CC1(C)CC1C(N)c1cc2c(cc1F)NC(=O)CC2. The van der Waals surface area contributed by atoms with Crippen LogP contribution in [-0.4, -0.2) is 5.91 Å². The van der Waals surface area contributed by atoms with Gasteiger partial charge < -0.3 is 11.1 Å². The molecule has 0 radical (unpaired) electrons. The Morgan fingerprint density at radius 2 is 2.11 bits per heavy atom. The lowest BCUT2D eigenvalue weighted by Gasteiger charge is -2.21. The highest BCUT2D eigenvalue weighted by Crippen LogP contribution is 2.57. The predicted molar refractivity (Wildman–Crippen MR) is 72.2 cm³/mol. The largest absolute Gasteiger partial charge is 0.326 e. The maximum atomic E-state index is 14.2. The first kappa shape index (κ1) is 12.6. The monoisotopic (exact) mass is 262 g/mol. The molecule has 1 aromatic rings. The van der Waals surface area contributed by atoms with E-state index in [0.717, 1.165) is 12.0 Å². The number of rotatable bonds is 2. The van der Waals surface area contributed by atoms with Gasteiger partial charge in [-0.15, -0.1) is 0 Å². The van der Waals surface area contributed by atoms with Gasteiger partial charge in [-0.1, -0.05) is 13.8 Å². The summed E-state index contributed by atoms with van der Waals surface area (Å²) in [5, 5.41) is 2.71. The fourth-order valence-electron chi connectivity index (χ4n) is 3.01. The number of hydrogen-bond acceptors (Lipinski definition) is 2. The minimum absolute atomic E-state index is 0.0488. The van der Waals surface area contributed by atoms with E-state index in [9.17, 15) is 9.18 Å². The number of nitrogens with one attached hydrogen (secondary N) is 1. The third-order valence-corrected chi connectivity index (χ3v) is 4.50. The fourth-order valence-corrected chi connectivity index (χ4v) is 3.01. The molecule has 102 valence electrons. The zero-order valence-electron chi connectivity index (χ0n) is 11.3. The van der Waals surface area contributed by atoms with Crippen molar-refractivity contribution >= 4 is 11.6 Å². The predicted octanol–water partition coefficient (Wildman–Crippen LogP) is 2.76. The van der Waals surface area contributed by atoms with E-state index >= 15 is 0 Å². The summed E-state index contributed by atoms with van der Waals surface area (Å²) in [6, 6.07) is 3.00. The smallest absolute Gasteiger partial charge is 0.224 e. The van der Waals surface area contributed by atoms with E-state index in [2.05, 4.69) is 19.2 Å². The second-order valence-electron chi connectivity index (χ2n) is 6.40. The summed E-state index contributed by atoms with van der Waals surface area (Å²) in [5.74, 6) is -0.0124. The van der Waals surface area contributed by atoms with Crippen LogP contribution in [0.4, 0.5) is 10.1 Å². The van der Waals surface area contributed by atoms with Gasteiger partial charge in [0.05, 0.1) is 0 Å². The highest BCUT2D eigenvalue weighted by atomic mass is 19.1. The molecule has 3 nitrogen and oxygen atoms in total. The average molecular weight is 262 g/mol. The Bertz CT molecular complexity index is 553. The Balaban J connectivity index is 1.93. The maximum absolute atomic E-state index is 14.2. The zero-order chi connectivity index (χ0) is 13.8. The second kappa shape index (κ2) is 4.04. The van der Waals surface area contributed by atoms with Gasteiger partial charge in [0, 0.05) is 23.7 Å². The highest BCUT2D eigenvalue weighted by Gasteiger charge is 2.49. The van der Waals surface area contributed by atoms with Crippen molar-refractivity contribution in [3.05, 3.63) is 29.1 Å². The van der Waals surface area contributed by atoms with Crippen molar-refractivity contribution in [2.45, 2.75) is 39.2 Å². The van der Waals surface area contributed by atoms with Crippen LogP contribution >= 0.6 is 0 Å². The van der Waals surface area contributed by atoms with Crippen LogP contribution < -0.4 is 11.1 Å². The number of nitrogens with two attached hydrogens (primary N) is 1. The third kappa shape index (κ3) is 2.14. The van der Waals surface area contributed by atoms with Crippen LogP contribution in [0.25, 0.3) is 0 Å². The molecule has 1 heterocycles. The lowest BCUT2D eigenvalue weighted by Crippen LogP contribution is -2.22. The van der Waals surface area contributed by atoms with E-state index in [0.29, 0.717) is 30.0 Å². The molecule has 1 amide bonds. The van der Waals surface area contributed by atoms with E-state index < -0.39 is 0 Å². The summed E-state index contributed by atoms with van der Waals surface area (Å²) in [5.41, 5.74) is 8.60. The van der Waals surface area contributed by atoms with Gasteiger partial charge in [-0.3, -0.25) is 4.79 Å². The standard InChI is InChI=1S/C15H19FN2O/c1-15(2)7-10(15)14(17)9-5-8-3-4-13(19)18-12(8)6-11(9)16/h5-6,10,14H,3-4,7,17H2,1-2H3,(H,18,19). The Morgan fingerprint density at radius 1 is 1.42 bits per heavy atom. The zero-order valence-corrected chi connectivity index (χ0v) is 11.3. The van der Waals surface area contributed by atoms with Crippen molar-refractivity contribution in [3.63, 3.8) is 0 Å². The molecule has 3 rings (SSSR count). The molecule has 0 bridgehead atoms. The molecule has 1 aliphatic carbocycles. The van der Waals surface area contributed by atoms with Crippen LogP contribution in [0.3, 0.4) is 0 Å². The topological polar surface area (TPSA) is 55.1 Å². The number of fused-ring (bicyclic) bond motifs is 1. The molecule has 2 atom stereocenters. The van der Waals surface area contributed by atoms with Crippen molar-refractivity contribution < 1.29 is 9.18 Å². The van der Waals surface area contributed by atoms with E-state index in [4.69, 9.17) is 5.73 Å². The molecule has 0 saturated heterocycles. The van der Waals surface area contributed by atoms with Crippen LogP contribution in [0.5, 0.6) is 0 Å². The fraction of sp³-hybridized carbons (Fsp3) is 0.533. The molecule has 2 unspecified atom stereocenters. The van der Waals surface area contributed by atoms with E-state index in [1.807, 2.05) is 6.07 Å². The van der Waals surface area contributed by atoms with Gasteiger partial charge in [-0.2, -0.15) is 0 Å². The molecule has 1 saturated carbocycles. The number of amides is 1. The van der Waals surface area contributed by atoms with Gasteiger partial charge in [0.2, 0.25) is 5.91 Å². The van der Waals surface area contributed by atoms with Crippen molar-refractivity contribution in [1.29, 1.82) is 0 Å². The third-order valence-electron chi connectivity index (χ3n) is 4.50. The van der Waals surface area contributed by atoms with Gasteiger partial charge in [0.25, 0.3) is 0 Å². The highest BCUT2D eigenvalue weighted by molar-refractivity contribution is 5.93. The molecule has 2 aliphatic rings. The maximum Gasteiger partial charge on any atom is 0.224 e. The molecule has 1 aliphatic heterocycles. The van der Waals surface area contributed by atoms with Gasteiger partial charge in [0.1, 0.15) is 5.82 Å². The normalized spacial score (nSPS) is 25.5. The number of benzene rings is 1. The number of halogens is 1. The average Bonchev–Trinajstić information content (AvgIpc) is 2.96. The summed E-state index contributed by atoms with van der Waals surface area (Å²) in [7, 11) is 0. The summed E-state index contributed by atoms with van der Waals surface area (Å²) in [6.45, 7) is 4.32. The minimum atomic E-state index is -0.309. The van der Waals surface area contributed by atoms with Crippen LogP contribution in [0.1, 0.15) is 43.9 Å². The van der Waals surface area contributed by atoms with Crippen molar-refractivity contribution in [3.8, 4) is 0 Å². The molecule has 3 N–H and O–H groups in total. The van der Waals surface area contributed by atoms with Crippen LogP contribution in [0, 0.1) is 17.2 Å². The van der Waals surface area contributed by atoms with Gasteiger partial charge in [-0.05, 0) is 41.9 Å². The lowest BCUT2D eigenvalue weighted by molar-refractivity contribution is -0.116. The van der Waals surface area contributed by atoms with Crippen molar-refractivity contribution in [1.82, 2.24) is 0 Å². The molecular formula is C15H19FN2O. The van der Waals surface area contributed by atoms with Crippen LogP contribution in [-0.2, 0) is 11.2 Å². The quantitative estimate of drug-likeness (QED) is 0.861. The Morgan fingerprint density at radius 3 is 2.74 bits per heavy atom. The van der Waals surface area contributed by atoms with Gasteiger partial charge >= 0.3 is 0 Å². The van der Waals surface area contributed by atoms with Crippen molar-refractivity contribution in [2.75, 3.05) is 5.32 Å². The number of carbonyl (C=O) groups excluding carboxylic acids is 1. The first-order chi connectivity index (χ1) is 8.88. The Labute approximate surface area is 112 Å². The molecule has 1 fully saturated rings. The molecule has 1 aromatic carbocycles. The number of hydrogen-bond donors (Lipinski definition) is 2.